The summed E-state index contributed by atoms with van der Waals surface area (Å²) in [5, 5.41) is 8.20. The molecule has 3 atom stereocenters. The monoisotopic (exact) mass is 373 g/mol. The van der Waals surface area contributed by atoms with Gasteiger partial charge in [0.15, 0.2) is 5.78 Å². The lowest BCUT2D eigenvalue weighted by Crippen LogP contribution is -2.24. The van der Waals surface area contributed by atoms with Crippen LogP contribution in [0.4, 0.5) is 0 Å². The lowest BCUT2D eigenvalue weighted by molar-refractivity contribution is -0.124. The average molecular weight is 373 g/mol. The maximum absolute atomic E-state index is 12.1. The number of aromatic nitrogens is 3. The zero-order valence-electron chi connectivity index (χ0n) is 16.3. The second-order valence-electron chi connectivity index (χ2n) is 6.93. The van der Waals surface area contributed by atoms with Crippen LogP contribution in [0.25, 0.3) is 0 Å². The first-order valence-electron chi connectivity index (χ1n) is 8.94. The first-order chi connectivity index (χ1) is 11.6. The number of hydrogen-bond acceptors (Lipinski definition) is 6. The zero-order valence-corrected chi connectivity index (χ0v) is 17.2. The number of aryl methyl sites for hydroxylation is 1. The van der Waals surface area contributed by atoms with E-state index in [1.54, 1.807) is 11.6 Å². The van der Waals surface area contributed by atoms with Crippen LogP contribution in [-0.2, 0) is 31.4 Å². The number of ketones is 1. The van der Waals surface area contributed by atoms with E-state index in [1.165, 1.54) is 13.6 Å². The van der Waals surface area contributed by atoms with E-state index < -0.39 is 13.7 Å². The van der Waals surface area contributed by atoms with Crippen LogP contribution in [0.2, 0.25) is 0 Å². The highest BCUT2D eigenvalue weighted by Crippen LogP contribution is 2.45. The lowest BCUT2D eigenvalue weighted by atomic mass is 9.93. The molecule has 0 amide bonds. The molecule has 0 radical (unpaired) electrons. The molecule has 144 valence electrons. The van der Waals surface area contributed by atoms with Crippen molar-refractivity contribution in [3.05, 3.63) is 11.9 Å². The molecule has 0 spiro atoms. The van der Waals surface area contributed by atoms with Gasteiger partial charge in [-0.15, -0.1) is 5.10 Å². The summed E-state index contributed by atoms with van der Waals surface area (Å²) >= 11 is 0. The molecular formula is C17H32N3O4P. The van der Waals surface area contributed by atoms with Crippen molar-refractivity contribution in [2.75, 3.05) is 13.3 Å². The minimum absolute atomic E-state index is 0.206. The second-order valence-corrected chi connectivity index (χ2v) is 8.95. The van der Waals surface area contributed by atoms with Gasteiger partial charge in [0.2, 0.25) is 0 Å². The van der Waals surface area contributed by atoms with Gasteiger partial charge in [0.25, 0.3) is 0 Å². The Labute approximate surface area is 151 Å². The van der Waals surface area contributed by atoms with Crippen molar-refractivity contribution in [1.29, 1.82) is 0 Å². The third kappa shape index (κ3) is 8.25. The van der Waals surface area contributed by atoms with Crippen molar-refractivity contribution >= 4 is 13.4 Å². The Bertz CT molecular complexity index is 588. The quantitative estimate of drug-likeness (QED) is 0.519. The summed E-state index contributed by atoms with van der Waals surface area (Å²) in [5.74, 6) is 1.15. The number of carbonyl (C=O) groups excluding carboxylic acids is 1. The topological polar surface area (TPSA) is 83.3 Å². The number of Topliss-reactive ketones (excluding diaryl/α,β-unsaturated/α-hetero) is 1. The Hall–Kier alpha value is -1.04. The van der Waals surface area contributed by atoms with E-state index in [0.717, 1.165) is 19.4 Å². The molecule has 7 nitrogen and oxygen atoms in total. The molecule has 1 heterocycles. The normalized spacial score (nSPS) is 16.6. The fraction of sp³-hybridized carbons (Fsp3) is 0.824. The van der Waals surface area contributed by atoms with Gasteiger partial charge >= 0.3 is 7.60 Å². The van der Waals surface area contributed by atoms with E-state index in [2.05, 4.69) is 31.1 Å². The maximum Gasteiger partial charge on any atom is 0.328 e. The first kappa shape index (κ1) is 22.0. The molecule has 1 aromatic rings. The predicted octanol–water partition coefficient (Wildman–Crippen LogP) is 3.73. The molecule has 1 rings (SSSR count). The van der Waals surface area contributed by atoms with Gasteiger partial charge in [-0.2, -0.15) is 0 Å². The Kier molecular flexibility index (Phi) is 8.97. The van der Waals surface area contributed by atoms with Gasteiger partial charge in [-0.25, -0.2) is 0 Å². The molecular weight excluding hydrogens is 341 g/mol. The van der Waals surface area contributed by atoms with Gasteiger partial charge in [-0.05, 0) is 38.5 Å². The highest BCUT2D eigenvalue weighted by atomic mass is 31.2. The average Bonchev–Trinajstić information content (AvgIpc) is 2.93. The van der Waals surface area contributed by atoms with Crippen molar-refractivity contribution in [2.45, 2.75) is 66.5 Å². The van der Waals surface area contributed by atoms with Gasteiger partial charge in [0, 0.05) is 25.8 Å². The number of nitrogens with zero attached hydrogens (tertiary/aromatic N) is 3. The number of hydrogen-bond donors (Lipinski definition) is 0. The molecule has 0 aliphatic carbocycles. The molecule has 0 aliphatic rings. The largest absolute Gasteiger partial charge is 0.328 e. The summed E-state index contributed by atoms with van der Waals surface area (Å²) in [4.78, 5) is 11.8. The minimum atomic E-state index is -3.25. The van der Waals surface area contributed by atoms with Crippen LogP contribution < -0.4 is 0 Å². The molecule has 8 heteroatoms. The smallest absolute Gasteiger partial charge is 0.309 e. The van der Waals surface area contributed by atoms with E-state index in [1.807, 2.05) is 6.20 Å². The number of rotatable bonds is 12. The molecule has 0 fully saturated rings. The Balaban J connectivity index is 2.58. The van der Waals surface area contributed by atoms with Crippen LogP contribution in [0.1, 0.15) is 53.2 Å². The van der Waals surface area contributed by atoms with Gasteiger partial charge in [0.05, 0.1) is 12.3 Å². The molecule has 0 saturated carbocycles. The Morgan fingerprint density at radius 3 is 2.60 bits per heavy atom. The highest BCUT2D eigenvalue weighted by molar-refractivity contribution is 7.53. The van der Waals surface area contributed by atoms with Crippen LogP contribution in [0.5, 0.6) is 0 Å². The summed E-state index contributed by atoms with van der Waals surface area (Å²) in [7, 11) is -3.25. The molecule has 25 heavy (non-hydrogen) atoms. The third-order valence-electron chi connectivity index (χ3n) is 4.30. The van der Waals surface area contributed by atoms with Crippen molar-refractivity contribution < 1.29 is 18.4 Å². The molecule has 3 unspecified atom stereocenters. The molecule has 0 bridgehead atoms. The molecule has 0 N–H and O–H groups in total. The number of carbonyl (C=O) groups is 1. The van der Waals surface area contributed by atoms with Gasteiger partial charge in [0.1, 0.15) is 6.10 Å². The van der Waals surface area contributed by atoms with Crippen molar-refractivity contribution in [3.63, 3.8) is 0 Å². The van der Waals surface area contributed by atoms with Crippen LogP contribution >= 0.6 is 7.60 Å². The minimum Gasteiger partial charge on any atom is -0.309 e. The van der Waals surface area contributed by atoms with E-state index >= 15 is 0 Å². The maximum atomic E-state index is 12.1. The van der Waals surface area contributed by atoms with Crippen molar-refractivity contribution in [2.24, 2.45) is 11.8 Å². The summed E-state index contributed by atoms with van der Waals surface area (Å²) in [6.45, 7) is 12.3. The summed E-state index contributed by atoms with van der Waals surface area (Å²) in [6, 6.07) is 0. The van der Waals surface area contributed by atoms with Crippen LogP contribution in [0.3, 0.4) is 0 Å². The van der Waals surface area contributed by atoms with Crippen molar-refractivity contribution in [1.82, 2.24) is 15.0 Å². The Morgan fingerprint density at radius 2 is 2.04 bits per heavy atom. The van der Waals surface area contributed by atoms with Gasteiger partial charge in [-0.3, -0.25) is 18.6 Å². The van der Waals surface area contributed by atoms with E-state index in [0.29, 0.717) is 17.5 Å². The fourth-order valence-corrected chi connectivity index (χ4v) is 3.61. The SMILES string of the molecule is CCOP(C)(=O)OC(Cc1cn(CCCC(C)C(C)C)nn1)C(C)=O. The summed E-state index contributed by atoms with van der Waals surface area (Å²) in [6.07, 6.45) is 3.39. The van der Waals surface area contributed by atoms with E-state index in [-0.39, 0.29) is 18.8 Å². The first-order valence-corrected chi connectivity index (χ1v) is 10.9. The zero-order chi connectivity index (χ0) is 19.0. The van der Waals surface area contributed by atoms with Crippen LogP contribution in [0.15, 0.2) is 6.20 Å². The predicted molar refractivity (Wildman–Crippen MR) is 97.7 cm³/mol. The molecule has 0 aliphatic heterocycles. The standard InChI is InChI=1S/C17H32N3O4P/c1-7-23-25(6,22)24-17(15(5)21)11-16-12-20(19-18-16)10-8-9-14(4)13(2)3/h12-14,17H,7-11H2,1-6H3. The van der Waals surface area contributed by atoms with Gasteiger partial charge in [-0.1, -0.05) is 26.0 Å². The highest BCUT2D eigenvalue weighted by Gasteiger charge is 2.27. The van der Waals surface area contributed by atoms with Gasteiger partial charge < -0.3 is 4.52 Å². The van der Waals surface area contributed by atoms with Crippen LogP contribution in [-0.4, -0.2) is 40.2 Å². The third-order valence-corrected chi connectivity index (χ3v) is 5.67. The fourth-order valence-electron chi connectivity index (χ4n) is 2.39. The van der Waals surface area contributed by atoms with E-state index in [4.69, 9.17) is 9.05 Å². The lowest BCUT2D eigenvalue weighted by Gasteiger charge is -2.19. The summed E-state index contributed by atoms with van der Waals surface area (Å²) < 4.78 is 24.4. The molecule has 1 aromatic heterocycles. The second kappa shape index (κ2) is 10.2. The summed E-state index contributed by atoms with van der Waals surface area (Å²) in [5.41, 5.74) is 0.647. The Morgan fingerprint density at radius 1 is 1.36 bits per heavy atom. The molecule has 0 saturated heterocycles. The van der Waals surface area contributed by atoms with Crippen molar-refractivity contribution in [3.8, 4) is 0 Å². The van der Waals surface area contributed by atoms with Crippen LogP contribution in [0, 0.1) is 11.8 Å². The van der Waals surface area contributed by atoms with E-state index in [9.17, 15) is 9.36 Å². The molecule has 0 aromatic carbocycles.